The van der Waals surface area contributed by atoms with Gasteiger partial charge in [-0.05, 0) is 62.4 Å². The van der Waals surface area contributed by atoms with Crippen molar-refractivity contribution in [3.8, 4) is 34.3 Å². The molecule has 0 aliphatic rings. The predicted molar refractivity (Wildman–Crippen MR) is 107 cm³/mol. The Kier molecular flexibility index (Phi) is 6.16. The number of alkyl halides is 3. The van der Waals surface area contributed by atoms with Gasteiger partial charge in [-0.1, -0.05) is 0 Å². The highest BCUT2D eigenvalue weighted by Gasteiger charge is 2.48. The van der Waals surface area contributed by atoms with Gasteiger partial charge in [-0.25, -0.2) is 4.68 Å². The Hall–Kier alpha value is -3.21. The summed E-state index contributed by atoms with van der Waals surface area (Å²) in [5, 5.41) is 4.44. The van der Waals surface area contributed by atoms with E-state index in [1.54, 1.807) is 42.1 Å². The van der Waals surface area contributed by atoms with Crippen LogP contribution in [0.4, 0.5) is 13.2 Å². The van der Waals surface area contributed by atoms with Gasteiger partial charge in [-0.2, -0.15) is 21.6 Å². The zero-order chi connectivity index (χ0) is 22.8. The summed E-state index contributed by atoms with van der Waals surface area (Å²) in [6.45, 7) is 3.69. The lowest BCUT2D eigenvalue weighted by Crippen LogP contribution is -2.28. The molecule has 1 aromatic heterocycles. The maximum absolute atomic E-state index is 12.5. The van der Waals surface area contributed by atoms with Crippen LogP contribution in [0.1, 0.15) is 13.8 Å². The normalized spacial score (nSPS) is 12.1. The molecule has 1 heterocycles. The predicted octanol–water partition coefficient (Wildman–Crippen LogP) is 4.56. The fraction of sp³-hybridized carbons (Fsp3) is 0.250. The molecular weight excluding hydrogens is 437 g/mol. The molecular formula is C20H19F3N2O5S. The lowest BCUT2D eigenvalue weighted by atomic mass is 10.1. The van der Waals surface area contributed by atoms with Crippen LogP contribution in [0.2, 0.25) is 0 Å². The Morgan fingerprint density at radius 2 is 1.55 bits per heavy atom. The molecule has 0 saturated carbocycles. The molecule has 0 fully saturated rings. The van der Waals surface area contributed by atoms with E-state index in [9.17, 15) is 21.6 Å². The number of hydrogen-bond acceptors (Lipinski definition) is 6. The molecule has 7 nitrogen and oxygen atoms in total. The summed E-state index contributed by atoms with van der Waals surface area (Å²) in [7, 11) is -4.20. The molecule has 0 unspecified atom stereocenters. The topological polar surface area (TPSA) is 79.7 Å². The van der Waals surface area contributed by atoms with Crippen molar-refractivity contribution >= 4 is 10.1 Å². The largest absolute Gasteiger partial charge is 0.534 e. The number of ether oxygens (including phenoxy) is 2. The second-order valence-electron chi connectivity index (χ2n) is 6.65. The number of halogens is 3. The van der Waals surface area contributed by atoms with Crippen molar-refractivity contribution in [2.45, 2.75) is 25.5 Å². The van der Waals surface area contributed by atoms with Gasteiger partial charge < -0.3 is 13.7 Å². The second kappa shape index (κ2) is 8.50. The van der Waals surface area contributed by atoms with Crippen LogP contribution in [0, 0.1) is 0 Å². The zero-order valence-corrected chi connectivity index (χ0v) is 17.6. The molecule has 0 atom stereocenters. The average Bonchev–Trinajstić information content (AvgIpc) is 3.10. The van der Waals surface area contributed by atoms with Crippen molar-refractivity contribution in [3.05, 3.63) is 54.6 Å². The van der Waals surface area contributed by atoms with Crippen LogP contribution in [-0.4, -0.2) is 36.9 Å². The molecule has 31 heavy (non-hydrogen) atoms. The minimum absolute atomic E-state index is 0.129. The molecule has 2 aromatic carbocycles. The Balaban J connectivity index is 1.98. The zero-order valence-electron chi connectivity index (χ0n) is 16.8. The van der Waals surface area contributed by atoms with Gasteiger partial charge in [-0.3, -0.25) is 0 Å². The van der Waals surface area contributed by atoms with Crippen LogP contribution in [0.15, 0.2) is 54.6 Å². The summed E-state index contributed by atoms with van der Waals surface area (Å²) in [6.07, 6.45) is -0.129. The van der Waals surface area contributed by atoms with Crippen LogP contribution in [0.3, 0.4) is 0 Å². The fourth-order valence-electron chi connectivity index (χ4n) is 2.64. The van der Waals surface area contributed by atoms with Gasteiger partial charge in [0.25, 0.3) is 0 Å². The van der Waals surface area contributed by atoms with Gasteiger partial charge in [0.05, 0.1) is 24.6 Å². The van der Waals surface area contributed by atoms with Gasteiger partial charge in [0, 0.05) is 11.6 Å². The third kappa shape index (κ3) is 5.10. The molecule has 0 bridgehead atoms. The monoisotopic (exact) mass is 456 g/mol. The molecule has 0 radical (unpaired) electrons. The van der Waals surface area contributed by atoms with Crippen molar-refractivity contribution in [3.63, 3.8) is 0 Å². The van der Waals surface area contributed by atoms with Crippen LogP contribution < -0.4 is 13.7 Å². The maximum Gasteiger partial charge on any atom is 0.534 e. The second-order valence-corrected chi connectivity index (χ2v) is 8.19. The van der Waals surface area contributed by atoms with E-state index in [1.807, 2.05) is 13.8 Å². The Morgan fingerprint density at radius 1 is 0.968 bits per heavy atom. The molecule has 0 spiro atoms. The van der Waals surface area contributed by atoms with E-state index >= 15 is 0 Å². The SMILES string of the molecule is COc1ccc(-n2nc(OC(C)C)cc2-c2ccc(OS(=O)(=O)C(F)(F)F)cc2)cc1. The molecule has 0 saturated heterocycles. The summed E-state index contributed by atoms with van der Waals surface area (Å²) in [4.78, 5) is 0. The quantitative estimate of drug-likeness (QED) is 0.383. The fourth-order valence-corrected chi connectivity index (χ4v) is 3.10. The summed E-state index contributed by atoms with van der Waals surface area (Å²) >= 11 is 0. The molecule has 11 heteroatoms. The number of benzene rings is 2. The highest BCUT2D eigenvalue weighted by Crippen LogP contribution is 2.31. The molecule has 0 aliphatic carbocycles. The summed E-state index contributed by atoms with van der Waals surface area (Å²) < 4.78 is 76.5. The first-order valence-corrected chi connectivity index (χ1v) is 10.4. The van der Waals surface area contributed by atoms with E-state index in [-0.39, 0.29) is 6.10 Å². The minimum atomic E-state index is -5.74. The van der Waals surface area contributed by atoms with Crippen LogP contribution in [0.25, 0.3) is 16.9 Å². The van der Waals surface area contributed by atoms with E-state index in [4.69, 9.17) is 9.47 Å². The van der Waals surface area contributed by atoms with Crippen molar-refractivity contribution in [1.82, 2.24) is 9.78 Å². The third-order valence-electron chi connectivity index (χ3n) is 4.00. The Bertz CT molecular complexity index is 1140. The van der Waals surface area contributed by atoms with E-state index in [0.717, 1.165) is 12.1 Å². The van der Waals surface area contributed by atoms with Crippen molar-refractivity contribution in [2.24, 2.45) is 0 Å². The number of aromatic nitrogens is 2. The highest BCUT2D eigenvalue weighted by atomic mass is 32.2. The van der Waals surface area contributed by atoms with Gasteiger partial charge in [-0.15, -0.1) is 5.10 Å². The molecule has 0 N–H and O–H groups in total. The van der Waals surface area contributed by atoms with Gasteiger partial charge in [0.15, 0.2) is 0 Å². The van der Waals surface area contributed by atoms with Crippen LogP contribution in [-0.2, 0) is 10.1 Å². The van der Waals surface area contributed by atoms with E-state index in [2.05, 4.69) is 9.28 Å². The first kappa shape index (κ1) is 22.5. The van der Waals surface area contributed by atoms with Crippen molar-refractivity contribution in [1.29, 1.82) is 0 Å². The number of methoxy groups -OCH3 is 1. The highest BCUT2D eigenvalue weighted by molar-refractivity contribution is 7.88. The minimum Gasteiger partial charge on any atom is -0.497 e. The first-order valence-electron chi connectivity index (χ1n) is 9.02. The third-order valence-corrected chi connectivity index (χ3v) is 4.98. The van der Waals surface area contributed by atoms with Crippen LogP contribution in [0.5, 0.6) is 17.4 Å². The molecule has 0 aliphatic heterocycles. The molecule has 0 amide bonds. The lowest BCUT2D eigenvalue weighted by molar-refractivity contribution is -0.0500. The van der Waals surface area contributed by atoms with E-state index in [1.165, 1.54) is 12.1 Å². The summed E-state index contributed by atoms with van der Waals surface area (Å²) in [5.74, 6) is 0.541. The van der Waals surface area contributed by atoms with Gasteiger partial charge in [0.1, 0.15) is 11.5 Å². The van der Waals surface area contributed by atoms with Crippen LogP contribution >= 0.6 is 0 Å². The van der Waals surface area contributed by atoms with Gasteiger partial charge >= 0.3 is 15.6 Å². The molecule has 3 rings (SSSR count). The maximum atomic E-state index is 12.5. The molecule has 166 valence electrons. The summed E-state index contributed by atoms with van der Waals surface area (Å²) in [5.41, 5.74) is -3.69. The van der Waals surface area contributed by atoms with Gasteiger partial charge in [0.2, 0.25) is 5.88 Å². The Morgan fingerprint density at radius 3 is 2.06 bits per heavy atom. The standard InChI is InChI=1S/C20H19F3N2O5S/c1-13(2)29-19-12-18(25(24-19)15-6-10-16(28-3)11-7-15)14-4-8-17(9-5-14)30-31(26,27)20(21,22)23/h4-13H,1-3H3. The molecule has 3 aromatic rings. The van der Waals surface area contributed by atoms with E-state index in [0.29, 0.717) is 28.6 Å². The lowest BCUT2D eigenvalue weighted by Gasteiger charge is -2.11. The van der Waals surface area contributed by atoms with E-state index < -0.39 is 21.4 Å². The van der Waals surface area contributed by atoms with Crippen molar-refractivity contribution in [2.75, 3.05) is 7.11 Å². The van der Waals surface area contributed by atoms with Crippen molar-refractivity contribution < 1.29 is 35.2 Å². The smallest absolute Gasteiger partial charge is 0.497 e. The average molecular weight is 456 g/mol. The first-order chi connectivity index (χ1) is 14.5. The Labute approximate surface area is 177 Å². The number of hydrogen-bond donors (Lipinski definition) is 0. The summed E-state index contributed by atoms with van der Waals surface area (Å²) in [6, 6.07) is 13.9. The number of rotatable bonds is 7. The number of nitrogens with zero attached hydrogens (tertiary/aromatic N) is 2.